The Labute approximate surface area is 76.7 Å². The van der Waals surface area contributed by atoms with Gasteiger partial charge in [0.1, 0.15) is 0 Å². The molecule has 0 aliphatic rings. The van der Waals surface area contributed by atoms with Crippen LogP contribution < -0.4 is 0 Å². The number of allylic oxidation sites excluding steroid dienone is 5. The third-order valence-corrected chi connectivity index (χ3v) is 2.31. The average molecular weight is 164 g/mol. The molecule has 0 aliphatic heterocycles. The van der Waals surface area contributed by atoms with Gasteiger partial charge in [-0.1, -0.05) is 36.3 Å². The van der Waals surface area contributed by atoms with E-state index in [1.165, 1.54) is 16.7 Å². The van der Waals surface area contributed by atoms with E-state index in [2.05, 4.69) is 40.3 Å². The minimum atomic E-state index is 1.13. The monoisotopic (exact) mass is 164 g/mol. The van der Waals surface area contributed by atoms with Crippen LogP contribution in [0, 0.1) is 0 Å². The van der Waals surface area contributed by atoms with Gasteiger partial charge < -0.3 is 0 Å². The summed E-state index contributed by atoms with van der Waals surface area (Å²) >= 11 is 0. The van der Waals surface area contributed by atoms with Crippen LogP contribution in [-0.4, -0.2) is 0 Å². The Hall–Kier alpha value is -0.780. The smallest absolute Gasteiger partial charge is 0.0346 e. The molecule has 12 heavy (non-hydrogen) atoms. The van der Waals surface area contributed by atoms with Gasteiger partial charge in [0.25, 0.3) is 0 Å². The highest BCUT2D eigenvalue weighted by atomic mass is 14.0. The molecule has 0 saturated carbocycles. The van der Waals surface area contributed by atoms with Crippen LogP contribution in [0.4, 0.5) is 0 Å². The Balaban J connectivity index is 4.64. The first-order chi connectivity index (χ1) is 5.49. The van der Waals surface area contributed by atoms with Crippen LogP contribution in [0.2, 0.25) is 0 Å². The lowest BCUT2D eigenvalue weighted by Crippen LogP contribution is -1.82. The van der Waals surface area contributed by atoms with Gasteiger partial charge in [0, 0.05) is 0 Å². The highest BCUT2D eigenvalue weighted by Crippen LogP contribution is 2.13. The molecule has 0 nitrogen and oxygen atoms in total. The van der Waals surface area contributed by atoms with Gasteiger partial charge in [-0.15, -0.1) is 0 Å². The molecule has 0 aliphatic carbocycles. The topological polar surface area (TPSA) is 0 Å². The second kappa shape index (κ2) is 4.97. The summed E-state index contributed by atoms with van der Waals surface area (Å²) in [6.07, 6.45) is 3.34. The summed E-state index contributed by atoms with van der Waals surface area (Å²) in [7, 11) is 0. The fraction of sp³-hybridized carbons (Fsp3) is 0.500. The SMILES string of the molecule is C=C(C)/C(C)=C/C(C)=C(/C)CC. The van der Waals surface area contributed by atoms with E-state index in [0.717, 1.165) is 12.0 Å². The highest BCUT2D eigenvalue weighted by Gasteiger charge is 1.93. The van der Waals surface area contributed by atoms with Crippen LogP contribution in [0.25, 0.3) is 0 Å². The summed E-state index contributed by atoms with van der Waals surface area (Å²) in [6.45, 7) is 14.6. The quantitative estimate of drug-likeness (QED) is 0.547. The molecule has 0 aromatic rings. The Morgan fingerprint density at radius 3 is 2.00 bits per heavy atom. The van der Waals surface area contributed by atoms with Crippen LogP contribution in [-0.2, 0) is 0 Å². The first-order valence-corrected chi connectivity index (χ1v) is 4.49. The Bertz CT molecular complexity index is 226. The van der Waals surface area contributed by atoms with Crippen LogP contribution in [0.1, 0.15) is 41.0 Å². The maximum atomic E-state index is 3.90. The molecule has 0 spiro atoms. The number of hydrogen-bond acceptors (Lipinski definition) is 0. The van der Waals surface area contributed by atoms with E-state index in [1.807, 2.05) is 6.92 Å². The molecule has 0 bridgehead atoms. The lowest BCUT2D eigenvalue weighted by atomic mass is 10.0. The van der Waals surface area contributed by atoms with Crippen LogP contribution in [0.5, 0.6) is 0 Å². The van der Waals surface area contributed by atoms with Gasteiger partial charge >= 0.3 is 0 Å². The van der Waals surface area contributed by atoms with Crippen molar-refractivity contribution in [2.75, 3.05) is 0 Å². The van der Waals surface area contributed by atoms with Crippen molar-refractivity contribution in [2.45, 2.75) is 41.0 Å². The van der Waals surface area contributed by atoms with Crippen molar-refractivity contribution in [1.82, 2.24) is 0 Å². The summed E-state index contributed by atoms with van der Waals surface area (Å²) < 4.78 is 0. The van der Waals surface area contributed by atoms with Gasteiger partial charge in [0.15, 0.2) is 0 Å². The fourth-order valence-electron chi connectivity index (χ4n) is 0.850. The molecule has 68 valence electrons. The van der Waals surface area contributed by atoms with Crippen LogP contribution >= 0.6 is 0 Å². The summed E-state index contributed by atoms with van der Waals surface area (Å²) in [5.74, 6) is 0. The van der Waals surface area contributed by atoms with Crippen molar-refractivity contribution >= 4 is 0 Å². The molecule has 0 heteroatoms. The van der Waals surface area contributed by atoms with Gasteiger partial charge in [0.05, 0.1) is 0 Å². The van der Waals surface area contributed by atoms with Gasteiger partial charge in [-0.25, -0.2) is 0 Å². The second-order valence-corrected chi connectivity index (χ2v) is 3.42. The summed E-state index contributed by atoms with van der Waals surface area (Å²) in [5, 5.41) is 0. The molecule has 0 aromatic carbocycles. The zero-order valence-corrected chi connectivity index (χ0v) is 8.99. The lowest BCUT2D eigenvalue weighted by Gasteiger charge is -2.03. The van der Waals surface area contributed by atoms with Crippen molar-refractivity contribution in [1.29, 1.82) is 0 Å². The third kappa shape index (κ3) is 3.56. The molecular weight excluding hydrogens is 144 g/mol. The van der Waals surface area contributed by atoms with E-state index in [0.29, 0.717) is 0 Å². The largest absolute Gasteiger partial charge is 0.0958 e. The van der Waals surface area contributed by atoms with E-state index < -0.39 is 0 Å². The van der Waals surface area contributed by atoms with Crippen LogP contribution in [0.15, 0.2) is 34.9 Å². The number of hydrogen-bond donors (Lipinski definition) is 0. The fourth-order valence-corrected chi connectivity index (χ4v) is 0.850. The maximum Gasteiger partial charge on any atom is -0.0346 e. The molecule has 0 rings (SSSR count). The van der Waals surface area contributed by atoms with Gasteiger partial charge in [0.2, 0.25) is 0 Å². The minimum Gasteiger partial charge on any atom is -0.0958 e. The number of rotatable bonds is 3. The molecule has 0 saturated heterocycles. The zero-order chi connectivity index (χ0) is 9.72. The van der Waals surface area contributed by atoms with E-state index >= 15 is 0 Å². The molecule has 0 amide bonds. The van der Waals surface area contributed by atoms with Crippen molar-refractivity contribution < 1.29 is 0 Å². The summed E-state index contributed by atoms with van der Waals surface area (Å²) in [4.78, 5) is 0. The van der Waals surface area contributed by atoms with Crippen molar-refractivity contribution in [3.05, 3.63) is 34.9 Å². The normalized spacial score (nSPS) is 14.2. The van der Waals surface area contributed by atoms with E-state index in [-0.39, 0.29) is 0 Å². The van der Waals surface area contributed by atoms with Gasteiger partial charge in [-0.2, -0.15) is 0 Å². The Kier molecular flexibility index (Phi) is 4.65. The highest BCUT2D eigenvalue weighted by molar-refractivity contribution is 5.33. The van der Waals surface area contributed by atoms with E-state index in [1.54, 1.807) is 0 Å². The Morgan fingerprint density at radius 1 is 1.17 bits per heavy atom. The molecule has 0 heterocycles. The molecule has 0 atom stereocenters. The molecule has 0 fully saturated rings. The lowest BCUT2D eigenvalue weighted by molar-refractivity contribution is 1.07. The minimum absolute atomic E-state index is 1.13. The van der Waals surface area contributed by atoms with Crippen molar-refractivity contribution in [2.24, 2.45) is 0 Å². The first-order valence-electron chi connectivity index (χ1n) is 4.49. The second-order valence-electron chi connectivity index (χ2n) is 3.42. The van der Waals surface area contributed by atoms with Gasteiger partial charge in [-0.3, -0.25) is 0 Å². The van der Waals surface area contributed by atoms with Gasteiger partial charge in [-0.05, 0) is 39.7 Å². The van der Waals surface area contributed by atoms with Crippen LogP contribution in [0.3, 0.4) is 0 Å². The molecule has 0 N–H and O–H groups in total. The molecule has 0 radical (unpaired) electrons. The summed E-state index contributed by atoms with van der Waals surface area (Å²) in [5.41, 5.74) is 5.26. The van der Waals surface area contributed by atoms with E-state index in [4.69, 9.17) is 0 Å². The standard InChI is InChI=1S/C12H20/c1-7-10(4)12(6)8-11(5)9(2)3/h8H,2,7H2,1,3-6H3/b11-8+,12-10-. The Morgan fingerprint density at radius 2 is 1.67 bits per heavy atom. The summed E-state index contributed by atoms with van der Waals surface area (Å²) in [6, 6.07) is 0. The maximum absolute atomic E-state index is 3.90. The molecule has 0 aromatic heterocycles. The third-order valence-electron chi connectivity index (χ3n) is 2.31. The zero-order valence-electron chi connectivity index (χ0n) is 8.99. The average Bonchev–Trinajstić information content (AvgIpc) is 2.02. The predicted molar refractivity (Wildman–Crippen MR) is 57.2 cm³/mol. The van der Waals surface area contributed by atoms with Crippen molar-refractivity contribution in [3.8, 4) is 0 Å². The van der Waals surface area contributed by atoms with Crippen molar-refractivity contribution in [3.63, 3.8) is 0 Å². The molecule has 0 unspecified atom stereocenters. The first kappa shape index (κ1) is 11.2. The molecular formula is C12H20. The predicted octanol–water partition coefficient (Wildman–Crippen LogP) is 4.26. The van der Waals surface area contributed by atoms with E-state index in [9.17, 15) is 0 Å².